The summed E-state index contributed by atoms with van der Waals surface area (Å²) >= 11 is 0. The van der Waals surface area contributed by atoms with Gasteiger partial charge in [0, 0.05) is 25.0 Å². The molecule has 0 unspecified atom stereocenters. The number of carbonyl (C=O) groups excluding carboxylic acids is 1. The van der Waals surface area contributed by atoms with Crippen LogP contribution < -0.4 is 5.32 Å². The summed E-state index contributed by atoms with van der Waals surface area (Å²) in [5.74, 6) is 1.55. The zero-order valence-corrected chi connectivity index (χ0v) is 13.5. The van der Waals surface area contributed by atoms with Crippen molar-refractivity contribution in [3.8, 4) is 0 Å². The van der Waals surface area contributed by atoms with Gasteiger partial charge in [0.15, 0.2) is 0 Å². The highest BCUT2D eigenvalue weighted by atomic mass is 16.2. The fourth-order valence-electron chi connectivity index (χ4n) is 3.93. The molecule has 0 radical (unpaired) electrons. The third-order valence-electron chi connectivity index (χ3n) is 5.45. The molecule has 2 rings (SSSR count). The molecule has 0 aromatic carbocycles. The molecule has 0 saturated heterocycles. The van der Waals surface area contributed by atoms with Gasteiger partial charge in [0.05, 0.1) is 0 Å². The summed E-state index contributed by atoms with van der Waals surface area (Å²) in [5.41, 5.74) is 0. The van der Waals surface area contributed by atoms with Gasteiger partial charge in [-0.25, -0.2) is 0 Å². The van der Waals surface area contributed by atoms with Crippen molar-refractivity contribution in [2.75, 3.05) is 13.6 Å². The fraction of sp³-hybridized carbons (Fsp3) is 0.941. The van der Waals surface area contributed by atoms with Gasteiger partial charge in [0.2, 0.25) is 5.91 Å². The minimum absolute atomic E-state index is 0.308. The Hall–Kier alpha value is -0.570. The van der Waals surface area contributed by atoms with E-state index in [4.69, 9.17) is 0 Å². The molecule has 0 spiro atoms. The highest BCUT2D eigenvalue weighted by Crippen LogP contribution is 2.31. The summed E-state index contributed by atoms with van der Waals surface area (Å²) in [4.78, 5) is 14.7. The van der Waals surface area contributed by atoms with Crippen molar-refractivity contribution in [3.63, 3.8) is 0 Å². The molecule has 2 aliphatic rings. The van der Waals surface area contributed by atoms with E-state index in [-0.39, 0.29) is 0 Å². The lowest BCUT2D eigenvalue weighted by Gasteiger charge is -2.37. The fourth-order valence-corrected chi connectivity index (χ4v) is 3.93. The van der Waals surface area contributed by atoms with E-state index in [1.165, 1.54) is 38.5 Å². The van der Waals surface area contributed by atoms with E-state index < -0.39 is 0 Å². The van der Waals surface area contributed by atoms with Crippen LogP contribution in [0.5, 0.6) is 0 Å². The van der Waals surface area contributed by atoms with E-state index in [9.17, 15) is 4.79 Å². The minimum Gasteiger partial charge on any atom is -0.343 e. The Morgan fingerprint density at radius 2 is 1.65 bits per heavy atom. The summed E-state index contributed by atoms with van der Waals surface area (Å²) in [6, 6.07) is 1.16. The van der Waals surface area contributed by atoms with Crippen LogP contribution in [0.1, 0.15) is 65.2 Å². The lowest BCUT2D eigenvalue weighted by atomic mass is 9.81. The molecule has 1 amide bonds. The SMILES string of the molecule is CCNC1CCC(N(C)C(=O)C2CCC(C)CC2)CC1. The number of carbonyl (C=O) groups is 1. The van der Waals surface area contributed by atoms with Crippen LogP contribution >= 0.6 is 0 Å². The highest BCUT2D eigenvalue weighted by molar-refractivity contribution is 5.79. The third kappa shape index (κ3) is 3.97. The molecule has 1 N–H and O–H groups in total. The van der Waals surface area contributed by atoms with Crippen molar-refractivity contribution in [3.05, 3.63) is 0 Å². The first kappa shape index (κ1) is 15.8. The number of nitrogens with one attached hydrogen (secondary N) is 1. The largest absolute Gasteiger partial charge is 0.343 e. The highest BCUT2D eigenvalue weighted by Gasteiger charge is 2.31. The van der Waals surface area contributed by atoms with Crippen molar-refractivity contribution < 1.29 is 4.79 Å². The molecule has 0 bridgehead atoms. The van der Waals surface area contributed by atoms with Gasteiger partial charge < -0.3 is 10.2 Å². The summed E-state index contributed by atoms with van der Waals surface area (Å²) in [6.45, 7) is 5.54. The second-order valence-electron chi connectivity index (χ2n) is 6.97. The Labute approximate surface area is 124 Å². The van der Waals surface area contributed by atoms with Gasteiger partial charge in [-0.3, -0.25) is 4.79 Å². The second kappa shape index (κ2) is 7.44. The number of hydrogen-bond acceptors (Lipinski definition) is 2. The molecule has 2 fully saturated rings. The zero-order valence-electron chi connectivity index (χ0n) is 13.5. The van der Waals surface area contributed by atoms with Gasteiger partial charge in [-0.2, -0.15) is 0 Å². The molecular formula is C17H32N2O. The van der Waals surface area contributed by atoms with Crippen molar-refractivity contribution in [2.45, 2.75) is 77.3 Å². The predicted octanol–water partition coefficient (Wildman–Crippen LogP) is 3.19. The smallest absolute Gasteiger partial charge is 0.225 e. The third-order valence-corrected chi connectivity index (χ3v) is 5.45. The molecule has 20 heavy (non-hydrogen) atoms. The Morgan fingerprint density at radius 1 is 1.05 bits per heavy atom. The molecule has 0 aromatic heterocycles. The summed E-state index contributed by atoms with van der Waals surface area (Å²) in [7, 11) is 2.04. The zero-order chi connectivity index (χ0) is 14.5. The molecule has 3 heteroatoms. The van der Waals surface area contributed by atoms with Crippen LogP contribution in [-0.4, -0.2) is 36.5 Å². The van der Waals surface area contributed by atoms with Crippen molar-refractivity contribution in [2.24, 2.45) is 11.8 Å². The van der Waals surface area contributed by atoms with E-state index in [0.29, 0.717) is 23.9 Å². The predicted molar refractivity (Wildman–Crippen MR) is 83.6 cm³/mol. The van der Waals surface area contributed by atoms with Crippen LogP contribution in [-0.2, 0) is 4.79 Å². The van der Waals surface area contributed by atoms with E-state index in [1.54, 1.807) is 0 Å². The lowest BCUT2D eigenvalue weighted by Crippen LogP contribution is -2.45. The Kier molecular flexibility index (Phi) is 5.88. The summed E-state index contributed by atoms with van der Waals surface area (Å²) in [5, 5.41) is 3.54. The Balaban J connectivity index is 1.79. The molecular weight excluding hydrogens is 248 g/mol. The number of hydrogen-bond donors (Lipinski definition) is 1. The molecule has 2 saturated carbocycles. The molecule has 0 heterocycles. The maximum Gasteiger partial charge on any atom is 0.225 e. The van der Waals surface area contributed by atoms with Crippen molar-refractivity contribution >= 4 is 5.91 Å². The maximum atomic E-state index is 12.6. The summed E-state index contributed by atoms with van der Waals surface area (Å²) in [6.07, 6.45) is 9.46. The van der Waals surface area contributed by atoms with Gasteiger partial charge in [-0.15, -0.1) is 0 Å². The minimum atomic E-state index is 0.308. The first-order valence-corrected chi connectivity index (χ1v) is 8.61. The summed E-state index contributed by atoms with van der Waals surface area (Å²) < 4.78 is 0. The molecule has 0 aliphatic heterocycles. The van der Waals surface area contributed by atoms with E-state index in [0.717, 1.165) is 25.3 Å². The second-order valence-corrected chi connectivity index (χ2v) is 6.97. The van der Waals surface area contributed by atoms with Gasteiger partial charge >= 0.3 is 0 Å². The van der Waals surface area contributed by atoms with Crippen LogP contribution in [0, 0.1) is 11.8 Å². The molecule has 0 atom stereocenters. The van der Waals surface area contributed by atoms with Crippen LogP contribution in [0.25, 0.3) is 0 Å². The molecule has 2 aliphatic carbocycles. The first-order chi connectivity index (χ1) is 9.61. The van der Waals surface area contributed by atoms with Gasteiger partial charge in [0.25, 0.3) is 0 Å². The molecule has 0 aromatic rings. The van der Waals surface area contributed by atoms with Gasteiger partial charge in [-0.1, -0.05) is 13.8 Å². The van der Waals surface area contributed by atoms with Crippen molar-refractivity contribution in [1.29, 1.82) is 0 Å². The topological polar surface area (TPSA) is 32.3 Å². The van der Waals surface area contributed by atoms with E-state index in [2.05, 4.69) is 24.1 Å². The van der Waals surface area contributed by atoms with E-state index in [1.807, 2.05) is 7.05 Å². The number of amides is 1. The lowest BCUT2D eigenvalue weighted by molar-refractivity contribution is -0.138. The molecule has 3 nitrogen and oxygen atoms in total. The quantitative estimate of drug-likeness (QED) is 0.857. The van der Waals surface area contributed by atoms with Crippen LogP contribution in [0.2, 0.25) is 0 Å². The van der Waals surface area contributed by atoms with Crippen LogP contribution in [0.15, 0.2) is 0 Å². The monoisotopic (exact) mass is 280 g/mol. The average Bonchev–Trinajstić information content (AvgIpc) is 2.48. The van der Waals surface area contributed by atoms with Gasteiger partial charge in [-0.05, 0) is 63.8 Å². The van der Waals surface area contributed by atoms with Crippen LogP contribution in [0.4, 0.5) is 0 Å². The van der Waals surface area contributed by atoms with E-state index >= 15 is 0 Å². The Morgan fingerprint density at radius 3 is 2.20 bits per heavy atom. The normalized spacial score (nSPS) is 34.8. The number of nitrogens with zero attached hydrogens (tertiary/aromatic N) is 1. The standard InChI is InChI=1S/C17H32N2O/c1-4-18-15-9-11-16(12-10-15)19(3)17(20)14-7-5-13(2)6-8-14/h13-16,18H,4-12H2,1-3H3. The first-order valence-electron chi connectivity index (χ1n) is 8.61. The average molecular weight is 280 g/mol. The maximum absolute atomic E-state index is 12.6. The Bertz CT molecular complexity index is 302. The van der Waals surface area contributed by atoms with Gasteiger partial charge in [0.1, 0.15) is 0 Å². The van der Waals surface area contributed by atoms with Crippen molar-refractivity contribution in [1.82, 2.24) is 10.2 Å². The van der Waals surface area contributed by atoms with Crippen LogP contribution in [0.3, 0.4) is 0 Å². The number of rotatable bonds is 4. The molecule has 116 valence electrons.